The number of carbonyl (C=O) groups excluding carboxylic acids is 1. The van der Waals surface area contributed by atoms with Crippen molar-refractivity contribution in [2.24, 2.45) is 5.92 Å². The molecule has 1 aliphatic carbocycles. The SMILES string of the molecule is CCOC(=O)c1ccc(-n2nnnc2C2(Nc3ccc(OC)cc3)CCC(C)CC2)cc1. The Kier molecular flexibility index (Phi) is 6.39. The number of nitrogens with zero attached hydrogens (tertiary/aromatic N) is 4. The molecule has 1 aromatic heterocycles. The van der Waals surface area contributed by atoms with E-state index in [0.717, 1.165) is 48.6 Å². The number of hydrogen-bond donors (Lipinski definition) is 1. The zero-order valence-corrected chi connectivity index (χ0v) is 18.7. The third-order valence-electron chi connectivity index (χ3n) is 6.12. The molecule has 0 spiro atoms. The van der Waals surface area contributed by atoms with Crippen LogP contribution >= 0.6 is 0 Å². The van der Waals surface area contributed by atoms with Crippen LogP contribution in [-0.2, 0) is 10.3 Å². The van der Waals surface area contributed by atoms with Gasteiger partial charge >= 0.3 is 5.97 Å². The van der Waals surface area contributed by atoms with Gasteiger partial charge in [0.25, 0.3) is 0 Å². The summed E-state index contributed by atoms with van der Waals surface area (Å²) < 4.78 is 12.1. The number of carbonyl (C=O) groups is 1. The van der Waals surface area contributed by atoms with Crippen LogP contribution in [-0.4, -0.2) is 39.9 Å². The second-order valence-electron chi connectivity index (χ2n) is 8.30. The minimum Gasteiger partial charge on any atom is -0.497 e. The summed E-state index contributed by atoms with van der Waals surface area (Å²) >= 11 is 0. The van der Waals surface area contributed by atoms with E-state index in [9.17, 15) is 4.79 Å². The van der Waals surface area contributed by atoms with Crippen LogP contribution in [0.15, 0.2) is 48.5 Å². The highest BCUT2D eigenvalue weighted by atomic mass is 16.5. The first-order valence-electron chi connectivity index (χ1n) is 11.0. The van der Waals surface area contributed by atoms with Gasteiger partial charge < -0.3 is 14.8 Å². The molecule has 32 heavy (non-hydrogen) atoms. The van der Waals surface area contributed by atoms with Gasteiger partial charge in [0.05, 0.1) is 30.5 Å². The molecule has 0 amide bonds. The van der Waals surface area contributed by atoms with Crippen molar-refractivity contribution in [1.29, 1.82) is 0 Å². The van der Waals surface area contributed by atoms with Crippen molar-refractivity contribution in [2.75, 3.05) is 19.0 Å². The molecule has 1 saturated carbocycles. The van der Waals surface area contributed by atoms with Crippen molar-refractivity contribution in [3.05, 3.63) is 59.9 Å². The summed E-state index contributed by atoms with van der Waals surface area (Å²) in [6.07, 6.45) is 4.00. The number of methoxy groups -OCH3 is 1. The van der Waals surface area contributed by atoms with Gasteiger partial charge in [-0.3, -0.25) is 0 Å². The van der Waals surface area contributed by atoms with Crippen molar-refractivity contribution in [3.8, 4) is 11.4 Å². The summed E-state index contributed by atoms with van der Waals surface area (Å²) in [6, 6.07) is 15.1. The molecule has 1 heterocycles. The molecule has 1 N–H and O–H groups in total. The number of esters is 1. The van der Waals surface area contributed by atoms with E-state index >= 15 is 0 Å². The lowest BCUT2D eigenvalue weighted by Gasteiger charge is -2.39. The average Bonchev–Trinajstić information content (AvgIpc) is 3.32. The number of rotatable bonds is 7. The lowest BCUT2D eigenvalue weighted by atomic mass is 9.76. The van der Waals surface area contributed by atoms with E-state index in [-0.39, 0.29) is 5.97 Å². The van der Waals surface area contributed by atoms with Gasteiger partial charge in [0.1, 0.15) is 5.75 Å². The van der Waals surface area contributed by atoms with Gasteiger partial charge in [-0.05, 0) is 97.5 Å². The first-order chi connectivity index (χ1) is 15.5. The molecule has 0 aliphatic heterocycles. The Morgan fingerprint density at radius 3 is 2.44 bits per heavy atom. The minimum absolute atomic E-state index is 0.338. The van der Waals surface area contributed by atoms with Crippen LogP contribution in [0, 0.1) is 5.92 Å². The number of tetrazole rings is 1. The second-order valence-corrected chi connectivity index (χ2v) is 8.30. The molecule has 168 valence electrons. The van der Waals surface area contributed by atoms with Crippen LogP contribution in [0.2, 0.25) is 0 Å². The molecular weight excluding hydrogens is 406 g/mol. The Bertz CT molecular complexity index is 1040. The van der Waals surface area contributed by atoms with E-state index in [1.165, 1.54) is 0 Å². The zero-order valence-electron chi connectivity index (χ0n) is 18.7. The number of anilines is 1. The monoisotopic (exact) mass is 435 g/mol. The lowest BCUT2D eigenvalue weighted by molar-refractivity contribution is 0.0526. The van der Waals surface area contributed by atoms with Crippen LogP contribution < -0.4 is 10.1 Å². The average molecular weight is 436 g/mol. The van der Waals surface area contributed by atoms with Crippen LogP contribution in [0.1, 0.15) is 55.7 Å². The first-order valence-corrected chi connectivity index (χ1v) is 11.0. The third kappa shape index (κ3) is 4.44. The largest absolute Gasteiger partial charge is 0.497 e. The quantitative estimate of drug-likeness (QED) is 0.551. The third-order valence-corrected chi connectivity index (χ3v) is 6.12. The molecule has 1 fully saturated rings. The summed E-state index contributed by atoms with van der Waals surface area (Å²) in [4.78, 5) is 12.0. The Morgan fingerprint density at radius 1 is 1.12 bits per heavy atom. The highest BCUT2D eigenvalue weighted by Crippen LogP contribution is 2.41. The van der Waals surface area contributed by atoms with Crippen LogP contribution in [0.3, 0.4) is 0 Å². The Balaban J connectivity index is 1.67. The van der Waals surface area contributed by atoms with E-state index in [1.54, 1.807) is 30.8 Å². The molecule has 0 unspecified atom stereocenters. The first kappa shape index (κ1) is 21.8. The van der Waals surface area contributed by atoms with E-state index in [2.05, 4.69) is 27.8 Å². The van der Waals surface area contributed by atoms with Gasteiger partial charge in [-0.1, -0.05) is 6.92 Å². The van der Waals surface area contributed by atoms with Gasteiger partial charge in [-0.15, -0.1) is 5.10 Å². The van der Waals surface area contributed by atoms with Crippen LogP contribution in [0.25, 0.3) is 5.69 Å². The van der Waals surface area contributed by atoms with Gasteiger partial charge in [-0.2, -0.15) is 4.68 Å². The van der Waals surface area contributed by atoms with Crippen LogP contribution in [0.5, 0.6) is 5.75 Å². The van der Waals surface area contributed by atoms with E-state index < -0.39 is 5.54 Å². The maximum Gasteiger partial charge on any atom is 0.338 e. The summed E-state index contributed by atoms with van der Waals surface area (Å²) in [5.41, 5.74) is 1.90. The fourth-order valence-electron chi connectivity index (χ4n) is 4.22. The smallest absolute Gasteiger partial charge is 0.338 e. The number of ether oxygens (including phenoxy) is 2. The molecule has 1 aliphatic rings. The number of aromatic nitrogens is 4. The van der Waals surface area contributed by atoms with Crippen molar-refractivity contribution in [3.63, 3.8) is 0 Å². The molecule has 8 heteroatoms. The van der Waals surface area contributed by atoms with E-state index in [4.69, 9.17) is 9.47 Å². The normalized spacial score (nSPS) is 20.5. The summed E-state index contributed by atoms with van der Waals surface area (Å²) in [5.74, 6) is 1.90. The molecule has 8 nitrogen and oxygen atoms in total. The minimum atomic E-state index is -0.398. The summed E-state index contributed by atoms with van der Waals surface area (Å²) in [5, 5.41) is 16.5. The topological polar surface area (TPSA) is 91.2 Å². The maximum atomic E-state index is 12.0. The molecule has 0 bridgehead atoms. The fourth-order valence-corrected chi connectivity index (χ4v) is 4.22. The number of hydrogen-bond acceptors (Lipinski definition) is 7. The van der Waals surface area contributed by atoms with E-state index in [0.29, 0.717) is 18.1 Å². The molecule has 0 radical (unpaired) electrons. The standard InChI is InChI=1S/C24H29N5O3/c1-4-32-22(30)18-5-9-20(10-6-18)29-23(26-27-28-29)24(15-13-17(2)14-16-24)25-19-7-11-21(31-3)12-8-19/h5-12,17,25H,4,13-16H2,1-3H3. The van der Waals surface area contributed by atoms with E-state index in [1.807, 2.05) is 36.4 Å². The Morgan fingerprint density at radius 2 is 1.81 bits per heavy atom. The fraction of sp³-hybridized carbons (Fsp3) is 0.417. The predicted octanol–water partition coefficient (Wildman–Crippen LogP) is 4.37. The van der Waals surface area contributed by atoms with Gasteiger partial charge in [0, 0.05) is 5.69 Å². The van der Waals surface area contributed by atoms with Gasteiger partial charge in [-0.25, -0.2) is 4.79 Å². The van der Waals surface area contributed by atoms with Crippen molar-refractivity contribution >= 4 is 11.7 Å². The highest BCUT2D eigenvalue weighted by molar-refractivity contribution is 5.89. The van der Waals surface area contributed by atoms with Gasteiger partial charge in [0.2, 0.25) is 0 Å². The Hall–Kier alpha value is -3.42. The molecular formula is C24H29N5O3. The zero-order chi connectivity index (χ0) is 22.6. The Labute approximate surface area is 187 Å². The molecule has 3 aromatic rings. The molecule has 2 aromatic carbocycles. The highest BCUT2D eigenvalue weighted by Gasteiger charge is 2.41. The summed E-state index contributed by atoms with van der Waals surface area (Å²) in [6.45, 7) is 4.42. The molecule has 4 rings (SSSR count). The maximum absolute atomic E-state index is 12.0. The number of benzene rings is 2. The van der Waals surface area contributed by atoms with Crippen LogP contribution in [0.4, 0.5) is 5.69 Å². The van der Waals surface area contributed by atoms with Crippen molar-refractivity contribution < 1.29 is 14.3 Å². The van der Waals surface area contributed by atoms with Crippen molar-refractivity contribution in [2.45, 2.75) is 45.1 Å². The lowest BCUT2D eigenvalue weighted by Crippen LogP contribution is -2.41. The molecule has 0 atom stereocenters. The summed E-state index contributed by atoms with van der Waals surface area (Å²) in [7, 11) is 1.66. The van der Waals surface area contributed by atoms with Crippen molar-refractivity contribution in [1.82, 2.24) is 20.2 Å². The predicted molar refractivity (Wildman–Crippen MR) is 121 cm³/mol. The van der Waals surface area contributed by atoms with Gasteiger partial charge in [0.15, 0.2) is 5.82 Å². The second kappa shape index (κ2) is 9.38. The molecule has 0 saturated heterocycles. The number of nitrogens with one attached hydrogen (secondary N) is 1.